The van der Waals surface area contributed by atoms with Crippen molar-refractivity contribution in [2.45, 2.75) is 24.7 Å². The van der Waals surface area contributed by atoms with Crippen molar-refractivity contribution in [3.63, 3.8) is 0 Å². The number of methoxy groups -OCH3 is 1. The first-order valence-corrected chi connectivity index (χ1v) is 8.44. The molecule has 1 saturated carbocycles. The van der Waals surface area contributed by atoms with Gasteiger partial charge in [0.25, 0.3) is 0 Å². The maximum atomic E-state index is 6.02. The van der Waals surface area contributed by atoms with Crippen molar-refractivity contribution in [3.8, 4) is 5.75 Å². The summed E-state index contributed by atoms with van der Waals surface area (Å²) in [7, 11) is 1.68. The summed E-state index contributed by atoms with van der Waals surface area (Å²) >= 11 is 0. The zero-order valence-electron chi connectivity index (χ0n) is 14.6. The smallest absolute Gasteiger partial charge is 0.188 e. The third kappa shape index (κ3) is 5.36. The van der Waals surface area contributed by atoms with E-state index in [0.29, 0.717) is 5.96 Å². The normalized spacial score (nSPS) is 15.2. The van der Waals surface area contributed by atoms with Crippen molar-refractivity contribution in [3.05, 3.63) is 65.7 Å². The SMILES string of the molecule is COc1ccc(CCNC(N)=NCC2(c3ccccc3)CC2)cc1.I. The average Bonchev–Trinajstić information content (AvgIpc) is 3.43. The zero-order valence-corrected chi connectivity index (χ0v) is 16.9. The minimum atomic E-state index is 0. The number of benzene rings is 2. The minimum Gasteiger partial charge on any atom is -0.497 e. The Morgan fingerprint density at radius 2 is 1.80 bits per heavy atom. The van der Waals surface area contributed by atoms with Crippen molar-refractivity contribution >= 4 is 29.9 Å². The predicted octanol–water partition coefficient (Wildman–Crippen LogP) is 3.49. The lowest BCUT2D eigenvalue weighted by Gasteiger charge is -2.13. The molecule has 0 atom stereocenters. The highest BCUT2D eigenvalue weighted by atomic mass is 127. The molecule has 0 amide bonds. The molecule has 1 aliphatic carbocycles. The summed E-state index contributed by atoms with van der Waals surface area (Å²) in [5.41, 5.74) is 8.85. The maximum absolute atomic E-state index is 6.02. The van der Waals surface area contributed by atoms with Gasteiger partial charge in [-0.1, -0.05) is 42.5 Å². The van der Waals surface area contributed by atoms with E-state index < -0.39 is 0 Å². The molecule has 134 valence electrons. The Labute approximate surface area is 166 Å². The van der Waals surface area contributed by atoms with Gasteiger partial charge in [0.1, 0.15) is 5.75 Å². The number of ether oxygens (including phenoxy) is 1. The Morgan fingerprint density at radius 1 is 1.12 bits per heavy atom. The van der Waals surface area contributed by atoms with Crippen LogP contribution in [0.3, 0.4) is 0 Å². The van der Waals surface area contributed by atoms with Gasteiger partial charge in [-0.3, -0.25) is 4.99 Å². The van der Waals surface area contributed by atoms with Crippen molar-refractivity contribution in [1.82, 2.24) is 5.32 Å². The van der Waals surface area contributed by atoms with Crippen LogP contribution in [0.25, 0.3) is 0 Å². The molecular weight excluding hydrogens is 425 g/mol. The van der Waals surface area contributed by atoms with E-state index in [2.05, 4.69) is 52.8 Å². The zero-order chi connectivity index (χ0) is 16.8. The van der Waals surface area contributed by atoms with Crippen molar-refractivity contribution < 1.29 is 4.74 Å². The summed E-state index contributed by atoms with van der Waals surface area (Å²) in [5, 5.41) is 3.21. The molecule has 0 saturated heterocycles. The van der Waals surface area contributed by atoms with Crippen LogP contribution < -0.4 is 15.8 Å². The lowest BCUT2D eigenvalue weighted by Crippen LogP contribution is -2.34. The van der Waals surface area contributed by atoms with Crippen molar-refractivity contribution in [2.75, 3.05) is 20.2 Å². The van der Waals surface area contributed by atoms with Gasteiger partial charge < -0.3 is 15.8 Å². The van der Waals surface area contributed by atoms with E-state index in [0.717, 1.165) is 25.3 Å². The van der Waals surface area contributed by atoms with Gasteiger partial charge >= 0.3 is 0 Å². The molecule has 5 heteroatoms. The van der Waals surface area contributed by atoms with E-state index >= 15 is 0 Å². The quantitative estimate of drug-likeness (QED) is 0.385. The molecule has 0 radical (unpaired) electrons. The third-order valence-electron chi connectivity index (χ3n) is 4.67. The largest absolute Gasteiger partial charge is 0.497 e. The number of aliphatic imine (C=N–C) groups is 1. The molecule has 3 rings (SSSR count). The van der Waals surface area contributed by atoms with Crippen LogP contribution >= 0.6 is 24.0 Å². The van der Waals surface area contributed by atoms with E-state index in [4.69, 9.17) is 10.5 Å². The lowest BCUT2D eigenvalue weighted by molar-refractivity contribution is 0.414. The Morgan fingerprint density at radius 3 is 2.40 bits per heavy atom. The van der Waals surface area contributed by atoms with Gasteiger partial charge in [0.2, 0.25) is 0 Å². The first-order chi connectivity index (χ1) is 11.7. The van der Waals surface area contributed by atoms with E-state index in [1.807, 2.05) is 12.1 Å². The number of rotatable bonds is 7. The van der Waals surface area contributed by atoms with Gasteiger partial charge in [-0.25, -0.2) is 0 Å². The first-order valence-electron chi connectivity index (χ1n) is 8.44. The molecule has 0 aromatic heterocycles. The number of nitrogens with zero attached hydrogens (tertiary/aromatic N) is 1. The van der Waals surface area contributed by atoms with Crippen LogP contribution in [0.5, 0.6) is 5.75 Å². The highest BCUT2D eigenvalue weighted by Gasteiger charge is 2.43. The van der Waals surface area contributed by atoms with Crippen molar-refractivity contribution in [1.29, 1.82) is 0 Å². The third-order valence-corrected chi connectivity index (χ3v) is 4.67. The second-order valence-corrected chi connectivity index (χ2v) is 6.37. The number of hydrogen-bond donors (Lipinski definition) is 2. The van der Waals surface area contributed by atoms with Gasteiger partial charge in [-0.15, -0.1) is 24.0 Å². The number of hydrogen-bond acceptors (Lipinski definition) is 2. The Hall–Kier alpha value is -1.76. The fourth-order valence-corrected chi connectivity index (χ4v) is 2.90. The second kappa shape index (κ2) is 9.08. The number of nitrogens with two attached hydrogens (primary N) is 1. The predicted molar refractivity (Wildman–Crippen MR) is 114 cm³/mol. The minimum absolute atomic E-state index is 0. The molecule has 25 heavy (non-hydrogen) atoms. The molecule has 2 aromatic rings. The van der Waals surface area contributed by atoms with Crippen LogP contribution in [0.1, 0.15) is 24.0 Å². The van der Waals surface area contributed by atoms with Gasteiger partial charge in [0, 0.05) is 12.0 Å². The Bertz CT molecular complexity index is 682. The van der Waals surface area contributed by atoms with E-state index in [-0.39, 0.29) is 29.4 Å². The first kappa shape index (κ1) is 19.6. The maximum Gasteiger partial charge on any atom is 0.188 e. The van der Waals surface area contributed by atoms with E-state index in [9.17, 15) is 0 Å². The fraction of sp³-hybridized carbons (Fsp3) is 0.350. The summed E-state index contributed by atoms with van der Waals surface area (Å²) in [5.74, 6) is 1.41. The van der Waals surface area contributed by atoms with Crippen LogP contribution in [0.4, 0.5) is 0 Å². The lowest BCUT2D eigenvalue weighted by atomic mass is 9.96. The summed E-state index contributed by atoms with van der Waals surface area (Å²) in [4.78, 5) is 4.56. The highest BCUT2D eigenvalue weighted by molar-refractivity contribution is 14.0. The highest BCUT2D eigenvalue weighted by Crippen LogP contribution is 2.48. The second-order valence-electron chi connectivity index (χ2n) is 6.37. The monoisotopic (exact) mass is 451 g/mol. The van der Waals surface area contributed by atoms with Crippen molar-refractivity contribution in [2.24, 2.45) is 10.7 Å². The van der Waals surface area contributed by atoms with Crippen LogP contribution in [-0.2, 0) is 11.8 Å². The molecule has 2 aromatic carbocycles. The molecule has 0 heterocycles. The van der Waals surface area contributed by atoms with Gasteiger partial charge in [0.15, 0.2) is 5.96 Å². The van der Waals surface area contributed by atoms with Crippen LogP contribution in [-0.4, -0.2) is 26.2 Å². The van der Waals surface area contributed by atoms with E-state index in [1.54, 1.807) is 7.11 Å². The van der Waals surface area contributed by atoms with Gasteiger partial charge in [-0.2, -0.15) is 0 Å². The van der Waals surface area contributed by atoms with Crippen LogP contribution in [0.15, 0.2) is 59.6 Å². The molecule has 0 unspecified atom stereocenters. The molecule has 0 spiro atoms. The van der Waals surface area contributed by atoms with Crippen LogP contribution in [0.2, 0.25) is 0 Å². The number of nitrogens with one attached hydrogen (secondary N) is 1. The topological polar surface area (TPSA) is 59.6 Å². The standard InChI is InChI=1S/C20H25N3O.HI/c1-24-18-9-7-16(8-10-18)11-14-22-19(21)23-15-20(12-13-20)17-5-3-2-4-6-17;/h2-10H,11-15H2,1H3,(H3,21,22,23);1H. The molecule has 1 fully saturated rings. The molecule has 0 aliphatic heterocycles. The van der Waals surface area contributed by atoms with Gasteiger partial charge in [0.05, 0.1) is 13.7 Å². The summed E-state index contributed by atoms with van der Waals surface area (Å²) in [6.45, 7) is 1.54. The summed E-state index contributed by atoms with van der Waals surface area (Å²) < 4.78 is 5.16. The van der Waals surface area contributed by atoms with Gasteiger partial charge in [-0.05, 0) is 42.5 Å². The summed E-state index contributed by atoms with van der Waals surface area (Å²) in [6, 6.07) is 18.7. The Balaban J connectivity index is 0.00000225. The molecule has 4 nitrogen and oxygen atoms in total. The summed E-state index contributed by atoms with van der Waals surface area (Å²) in [6.07, 6.45) is 3.29. The van der Waals surface area contributed by atoms with Crippen LogP contribution in [0, 0.1) is 0 Å². The number of halogens is 1. The molecule has 3 N–H and O–H groups in total. The molecule has 1 aliphatic rings. The van der Waals surface area contributed by atoms with E-state index in [1.165, 1.54) is 24.0 Å². The molecular formula is C20H26IN3O. The average molecular weight is 451 g/mol. The number of guanidine groups is 1. The fourth-order valence-electron chi connectivity index (χ4n) is 2.90. The Kier molecular flexibility index (Phi) is 7.11. The molecule has 0 bridgehead atoms.